The molecular weight excluding hydrogens is 246 g/mol. The van der Waals surface area contributed by atoms with Gasteiger partial charge in [-0.25, -0.2) is 4.98 Å². The van der Waals surface area contributed by atoms with Crippen LogP contribution < -0.4 is 10.5 Å². The van der Waals surface area contributed by atoms with Crippen molar-refractivity contribution in [2.45, 2.75) is 25.0 Å². The summed E-state index contributed by atoms with van der Waals surface area (Å²) in [7, 11) is 0. The second kappa shape index (κ2) is 4.47. The SMILES string of the molecule is NC1CC(Oc2ccc3cc([N+](=O)[O-])ccc3n2)C1. The standard InChI is InChI=1S/C13H13N3O3/c14-9-6-11(7-9)19-13-4-1-8-5-10(16(17)18)2-3-12(8)15-13/h1-5,9,11H,6-7,14H2. The Balaban J connectivity index is 1.85. The summed E-state index contributed by atoms with van der Waals surface area (Å²) < 4.78 is 5.68. The van der Waals surface area contributed by atoms with E-state index < -0.39 is 4.92 Å². The van der Waals surface area contributed by atoms with Gasteiger partial charge in [0.15, 0.2) is 0 Å². The molecule has 0 aliphatic heterocycles. The molecule has 3 rings (SSSR count). The highest BCUT2D eigenvalue weighted by Crippen LogP contribution is 2.26. The minimum atomic E-state index is -0.417. The molecule has 19 heavy (non-hydrogen) atoms. The molecule has 0 atom stereocenters. The number of benzene rings is 1. The van der Waals surface area contributed by atoms with Gasteiger partial charge in [0.1, 0.15) is 6.10 Å². The van der Waals surface area contributed by atoms with Crippen LogP contribution in [0.1, 0.15) is 12.8 Å². The molecule has 2 N–H and O–H groups in total. The Hall–Kier alpha value is -2.21. The third-order valence-corrected chi connectivity index (χ3v) is 3.28. The first-order valence-electron chi connectivity index (χ1n) is 6.09. The van der Waals surface area contributed by atoms with Crippen molar-refractivity contribution in [2.75, 3.05) is 0 Å². The maximum atomic E-state index is 10.7. The van der Waals surface area contributed by atoms with Gasteiger partial charge >= 0.3 is 0 Å². The molecule has 6 nitrogen and oxygen atoms in total. The number of hydrogen-bond acceptors (Lipinski definition) is 5. The summed E-state index contributed by atoms with van der Waals surface area (Å²) in [4.78, 5) is 14.6. The van der Waals surface area contributed by atoms with Crippen molar-refractivity contribution in [2.24, 2.45) is 5.73 Å². The van der Waals surface area contributed by atoms with Crippen LogP contribution >= 0.6 is 0 Å². The number of nitrogens with zero attached hydrogens (tertiary/aromatic N) is 2. The largest absolute Gasteiger partial charge is 0.474 e. The number of nitro groups is 1. The number of fused-ring (bicyclic) bond motifs is 1. The van der Waals surface area contributed by atoms with Gasteiger partial charge in [0, 0.05) is 29.6 Å². The van der Waals surface area contributed by atoms with Crippen LogP contribution in [0.2, 0.25) is 0 Å². The van der Waals surface area contributed by atoms with Crippen molar-refractivity contribution in [3.8, 4) is 5.88 Å². The molecule has 1 heterocycles. The summed E-state index contributed by atoms with van der Waals surface area (Å²) in [6.07, 6.45) is 1.83. The predicted octanol–water partition coefficient (Wildman–Crippen LogP) is 2.01. The van der Waals surface area contributed by atoms with E-state index in [0.29, 0.717) is 11.4 Å². The molecule has 98 valence electrons. The van der Waals surface area contributed by atoms with E-state index in [0.717, 1.165) is 18.2 Å². The number of rotatable bonds is 3. The van der Waals surface area contributed by atoms with Crippen LogP contribution in [-0.4, -0.2) is 22.1 Å². The van der Waals surface area contributed by atoms with Crippen LogP contribution in [0.5, 0.6) is 5.88 Å². The van der Waals surface area contributed by atoms with E-state index in [1.165, 1.54) is 12.1 Å². The maximum absolute atomic E-state index is 10.7. The first kappa shape index (κ1) is 11.9. The van der Waals surface area contributed by atoms with Gasteiger partial charge in [0.05, 0.1) is 10.4 Å². The zero-order chi connectivity index (χ0) is 13.4. The molecule has 1 aliphatic rings. The fourth-order valence-electron chi connectivity index (χ4n) is 2.15. The average Bonchev–Trinajstić information content (AvgIpc) is 2.36. The lowest BCUT2D eigenvalue weighted by Gasteiger charge is -2.32. The monoisotopic (exact) mass is 259 g/mol. The molecule has 1 aromatic carbocycles. The topological polar surface area (TPSA) is 91.3 Å². The number of aromatic nitrogens is 1. The molecule has 1 saturated carbocycles. The van der Waals surface area contributed by atoms with Gasteiger partial charge in [-0.3, -0.25) is 10.1 Å². The van der Waals surface area contributed by atoms with Gasteiger partial charge in [0.2, 0.25) is 5.88 Å². The normalized spacial score (nSPS) is 21.9. The van der Waals surface area contributed by atoms with Crippen molar-refractivity contribution < 1.29 is 9.66 Å². The van der Waals surface area contributed by atoms with Crippen LogP contribution in [0.3, 0.4) is 0 Å². The van der Waals surface area contributed by atoms with Crippen LogP contribution in [0, 0.1) is 10.1 Å². The maximum Gasteiger partial charge on any atom is 0.270 e. The van der Waals surface area contributed by atoms with Crippen molar-refractivity contribution in [1.29, 1.82) is 0 Å². The summed E-state index contributed by atoms with van der Waals surface area (Å²) in [6.45, 7) is 0. The fraction of sp³-hybridized carbons (Fsp3) is 0.308. The molecule has 6 heteroatoms. The van der Waals surface area contributed by atoms with Gasteiger partial charge in [-0.2, -0.15) is 0 Å². The highest BCUT2D eigenvalue weighted by molar-refractivity contribution is 5.81. The molecule has 1 aliphatic carbocycles. The van der Waals surface area contributed by atoms with E-state index in [1.54, 1.807) is 18.2 Å². The highest BCUT2D eigenvalue weighted by atomic mass is 16.6. The lowest BCUT2D eigenvalue weighted by Crippen LogP contribution is -2.43. The molecule has 1 aromatic heterocycles. The Labute approximate surface area is 109 Å². The van der Waals surface area contributed by atoms with Gasteiger partial charge in [-0.05, 0) is 25.0 Å². The summed E-state index contributed by atoms with van der Waals surface area (Å²) in [6, 6.07) is 8.32. The van der Waals surface area contributed by atoms with Crippen LogP contribution in [-0.2, 0) is 0 Å². The molecule has 0 bridgehead atoms. The Morgan fingerprint density at radius 1 is 1.32 bits per heavy atom. The third kappa shape index (κ3) is 2.34. The lowest BCUT2D eigenvalue weighted by atomic mass is 9.90. The molecule has 0 unspecified atom stereocenters. The van der Waals surface area contributed by atoms with Crippen molar-refractivity contribution >= 4 is 16.6 Å². The average molecular weight is 259 g/mol. The van der Waals surface area contributed by atoms with Crippen LogP contribution in [0.25, 0.3) is 10.9 Å². The Morgan fingerprint density at radius 3 is 2.79 bits per heavy atom. The van der Waals surface area contributed by atoms with E-state index in [4.69, 9.17) is 10.5 Å². The highest BCUT2D eigenvalue weighted by Gasteiger charge is 2.27. The first-order valence-corrected chi connectivity index (χ1v) is 6.09. The number of nitro benzene ring substituents is 1. The predicted molar refractivity (Wildman–Crippen MR) is 70.0 cm³/mol. The quantitative estimate of drug-likeness (QED) is 0.672. The van der Waals surface area contributed by atoms with Crippen molar-refractivity contribution in [1.82, 2.24) is 4.98 Å². The number of ether oxygens (including phenoxy) is 1. The summed E-state index contributed by atoms with van der Waals surface area (Å²) in [5, 5.41) is 11.4. The van der Waals surface area contributed by atoms with Gasteiger partial charge in [-0.15, -0.1) is 0 Å². The molecule has 0 saturated heterocycles. The van der Waals surface area contributed by atoms with Gasteiger partial charge in [-0.1, -0.05) is 0 Å². The lowest BCUT2D eigenvalue weighted by molar-refractivity contribution is -0.384. The molecule has 1 fully saturated rings. The van der Waals surface area contributed by atoms with E-state index >= 15 is 0 Å². The summed E-state index contributed by atoms with van der Waals surface area (Å²) >= 11 is 0. The van der Waals surface area contributed by atoms with Gasteiger partial charge in [0.25, 0.3) is 5.69 Å². The molecule has 0 radical (unpaired) electrons. The molecular formula is C13H13N3O3. The number of nitrogens with two attached hydrogens (primary N) is 1. The van der Waals surface area contributed by atoms with E-state index in [-0.39, 0.29) is 17.8 Å². The van der Waals surface area contributed by atoms with E-state index in [9.17, 15) is 10.1 Å². The van der Waals surface area contributed by atoms with Crippen molar-refractivity contribution in [3.63, 3.8) is 0 Å². The minimum absolute atomic E-state index is 0.0629. The Bertz CT molecular complexity index is 638. The summed E-state index contributed by atoms with van der Waals surface area (Å²) in [5.41, 5.74) is 6.44. The molecule has 0 amide bonds. The Morgan fingerprint density at radius 2 is 2.11 bits per heavy atom. The van der Waals surface area contributed by atoms with E-state index in [1.807, 2.05) is 0 Å². The fourth-order valence-corrected chi connectivity index (χ4v) is 2.15. The minimum Gasteiger partial charge on any atom is -0.474 e. The zero-order valence-electron chi connectivity index (χ0n) is 10.2. The van der Waals surface area contributed by atoms with E-state index in [2.05, 4.69) is 4.98 Å². The first-order chi connectivity index (χ1) is 9.11. The number of pyridine rings is 1. The second-order valence-electron chi connectivity index (χ2n) is 4.75. The number of hydrogen-bond donors (Lipinski definition) is 1. The Kier molecular flexibility index (Phi) is 2.79. The van der Waals surface area contributed by atoms with Crippen molar-refractivity contribution in [3.05, 3.63) is 40.4 Å². The zero-order valence-corrected chi connectivity index (χ0v) is 10.2. The smallest absolute Gasteiger partial charge is 0.270 e. The van der Waals surface area contributed by atoms with Crippen LogP contribution in [0.4, 0.5) is 5.69 Å². The second-order valence-corrected chi connectivity index (χ2v) is 4.75. The third-order valence-electron chi connectivity index (χ3n) is 3.28. The summed E-state index contributed by atoms with van der Waals surface area (Å²) in [5.74, 6) is 0.540. The van der Waals surface area contributed by atoms with Crippen LogP contribution in [0.15, 0.2) is 30.3 Å². The van der Waals surface area contributed by atoms with Gasteiger partial charge < -0.3 is 10.5 Å². The molecule has 2 aromatic rings. The molecule has 0 spiro atoms. The number of non-ortho nitro benzene ring substituents is 1.